The second kappa shape index (κ2) is 5.38. The summed E-state index contributed by atoms with van der Waals surface area (Å²) >= 11 is 0. The summed E-state index contributed by atoms with van der Waals surface area (Å²) in [5.74, 6) is 0.914. The van der Waals surface area contributed by atoms with Crippen LogP contribution in [0.3, 0.4) is 0 Å². The third kappa shape index (κ3) is 2.31. The monoisotopic (exact) mass is 291 g/mol. The molecular weight excluding hydrogens is 270 g/mol. The summed E-state index contributed by atoms with van der Waals surface area (Å²) in [5, 5.41) is 1.23. The van der Waals surface area contributed by atoms with E-state index < -0.39 is 0 Å². The minimum absolute atomic E-state index is 0.914. The highest BCUT2D eigenvalue weighted by molar-refractivity contribution is 5.88. The quantitative estimate of drug-likeness (QED) is 0.672. The van der Waals surface area contributed by atoms with Gasteiger partial charge in [0.2, 0.25) is 0 Å². The Hall–Kier alpha value is -2.48. The van der Waals surface area contributed by atoms with Crippen LogP contribution < -0.4 is 4.74 Å². The van der Waals surface area contributed by atoms with Gasteiger partial charge in [-0.15, -0.1) is 0 Å². The number of aromatic nitrogens is 1. The molecule has 2 heteroatoms. The molecule has 0 aliphatic heterocycles. The number of rotatable bonds is 3. The molecule has 0 aliphatic carbocycles. The first-order chi connectivity index (χ1) is 10.5. The summed E-state index contributed by atoms with van der Waals surface area (Å²) < 4.78 is 7.61. The van der Waals surface area contributed by atoms with E-state index >= 15 is 0 Å². The highest BCUT2D eigenvalue weighted by Crippen LogP contribution is 2.31. The molecule has 0 N–H and O–H groups in total. The van der Waals surface area contributed by atoms with Gasteiger partial charge in [-0.2, -0.15) is 0 Å². The molecule has 0 atom stereocenters. The Morgan fingerprint density at radius 3 is 2.55 bits per heavy atom. The van der Waals surface area contributed by atoms with E-state index in [2.05, 4.69) is 74.6 Å². The average Bonchev–Trinajstić information content (AvgIpc) is 2.90. The van der Waals surface area contributed by atoms with Crippen molar-refractivity contribution >= 4 is 16.5 Å². The Morgan fingerprint density at radius 2 is 1.82 bits per heavy atom. The fourth-order valence-electron chi connectivity index (χ4n) is 2.85. The Morgan fingerprint density at radius 1 is 1.05 bits per heavy atom. The van der Waals surface area contributed by atoms with E-state index in [0.717, 1.165) is 22.4 Å². The minimum atomic E-state index is 0.914. The molecule has 0 aliphatic rings. The fraction of sp³-hybridized carbons (Fsp3) is 0.200. The van der Waals surface area contributed by atoms with Crippen LogP contribution >= 0.6 is 0 Å². The van der Waals surface area contributed by atoms with E-state index in [1.165, 1.54) is 22.0 Å². The van der Waals surface area contributed by atoms with Crippen LogP contribution in [0, 0.1) is 13.8 Å². The molecule has 0 unspecified atom stereocenters. The molecule has 2 aromatic carbocycles. The lowest BCUT2D eigenvalue weighted by Crippen LogP contribution is -1.94. The second-order valence-electron chi connectivity index (χ2n) is 5.80. The van der Waals surface area contributed by atoms with Crippen LogP contribution in [0.15, 0.2) is 49.2 Å². The normalized spacial score (nSPS) is 10.9. The van der Waals surface area contributed by atoms with Crippen molar-refractivity contribution in [1.82, 2.24) is 4.57 Å². The van der Waals surface area contributed by atoms with Crippen molar-refractivity contribution in [2.75, 3.05) is 7.11 Å². The molecule has 0 saturated heterocycles. The minimum Gasteiger partial charge on any atom is -0.496 e. The number of nitrogens with zero attached hydrogens (tertiary/aromatic N) is 1. The molecule has 0 fully saturated rings. The first-order valence-corrected chi connectivity index (χ1v) is 7.41. The summed E-state index contributed by atoms with van der Waals surface area (Å²) in [7, 11) is 3.77. The topological polar surface area (TPSA) is 14.2 Å². The van der Waals surface area contributed by atoms with Crippen molar-refractivity contribution in [2.45, 2.75) is 13.8 Å². The van der Waals surface area contributed by atoms with Gasteiger partial charge < -0.3 is 9.30 Å². The van der Waals surface area contributed by atoms with Gasteiger partial charge in [0.25, 0.3) is 0 Å². The predicted molar refractivity (Wildman–Crippen MR) is 93.5 cm³/mol. The van der Waals surface area contributed by atoms with Crippen LogP contribution in [0.5, 0.6) is 5.75 Å². The van der Waals surface area contributed by atoms with Gasteiger partial charge in [-0.1, -0.05) is 18.7 Å². The predicted octanol–water partition coefficient (Wildman–Crippen LogP) is 4.87. The largest absolute Gasteiger partial charge is 0.496 e. The highest BCUT2D eigenvalue weighted by atomic mass is 16.5. The van der Waals surface area contributed by atoms with Gasteiger partial charge in [0.15, 0.2) is 0 Å². The molecule has 22 heavy (non-hydrogen) atoms. The number of benzene rings is 2. The molecule has 112 valence electrons. The fourth-order valence-corrected chi connectivity index (χ4v) is 2.85. The molecule has 2 nitrogen and oxygen atoms in total. The molecular formula is C20H21NO. The molecule has 1 heterocycles. The van der Waals surface area contributed by atoms with Gasteiger partial charge in [-0.25, -0.2) is 0 Å². The highest BCUT2D eigenvalue weighted by Gasteiger charge is 2.10. The van der Waals surface area contributed by atoms with E-state index in [0.29, 0.717) is 0 Å². The van der Waals surface area contributed by atoms with Gasteiger partial charge >= 0.3 is 0 Å². The molecule has 0 spiro atoms. The maximum atomic E-state index is 5.48. The summed E-state index contributed by atoms with van der Waals surface area (Å²) in [6.45, 7) is 8.48. The van der Waals surface area contributed by atoms with Crippen LogP contribution in [-0.2, 0) is 7.05 Å². The summed E-state index contributed by atoms with van der Waals surface area (Å²) in [5.41, 5.74) is 6.90. The van der Waals surface area contributed by atoms with Crippen LogP contribution in [0.2, 0.25) is 0 Å². The van der Waals surface area contributed by atoms with E-state index in [-0.39, 0.29) is 0 Å². The Balaban J connectivity index is 2.07. The SMILES string of the molecule is C=C(c1cc(C)c(C)c(OC)c1)c1ccc2c(ccn2C)c1. The van der Waals surface area contributed by atoms with Crippen LogP contribution in [0.25, 0.3) is 16.5 Å². The zero-order chi connectivity index (χ0) is 15.9. The number of hydrogen-bond donors (Lipinski definition) is 0. The number of ether oxygens (including phenoxy) is 1. The summed E-state index contributed by atoms with van der Waals surface area (Å²) in [6, 6.07) is 12.8. The number of aryl methyl sites for hydroxylation is 2. The Bertz CT molecular complexity index is 871. The third-order valence-electron chi connectivity index (χ3n) is 4.42. The van der Waals surface area contributed by atoms with Crippen molar-refractivity contribution in [1.29, 1.82) is 0 Å². The maximum absolute atomic E-state index is 5.48. The van der Waals surface area contributed by atoms with Crippen LogP contribution in [0.4, 0.5) is 0 Å². The van der Waals surface area contributed by atoms with E-state index in [4.69, 9.17) is 4.74 Å². The number of fused-ring (bicyclic) bond motifs is 1. The van der Waals surface area contributed by atoms with Crippen molar-refractivity contribution < 1.29 is 4.74 Å². The first kappa shape index (κ1) is 14.5. The van der Waals surface area contributed by atoms with Gasteiger partial charge in [0.1, 0.15) is 5.75 Å². The smallest absolute Gasteiger partial charge is 0.122 e. The second-order valence-corrected chi connectivity index (χ2v) is 5.80. The molecule has 0 amide bonds. The summed E-state index contributed by atoms with van der Waals surface area (Å²) in [4.78, 5) is 0. The molecule has 0 radical (unpaired) electrons. The lowest BCUT2D eigenvalue weighted by Gasteiger charge is -2.13. The standard InChI is InChI=1S/C20H21NO/c1-13-10-18(12-20(22-5)14(13)2)15(3)16-6-7-19-17(11-16)8-9-21(19)4/h6-12H,3H2,1-2,4-5H3. The molecule has 0 saturated carbocycles. The van der Waals surface area contributed by atoms with E-state index in [1.807, 2.05) is 0 Å². The van der Waals surface area contributed by atoms with Crippen molar-refractivity contribution in [2.24, 2.45) is 7.05 Å². The lowest BCUT2D eigenvalue weighted by atomic mass is 9.95. The van der Waals surface area contributed by atoms with Crippen molar-refractivity contribution in [3.63, 3.8) is 0 Å². The summed E-state index contributed by atoms with van der Waals surface area (Å²) in [6.07, 6.45) is 2.08. The van der Waals surface area contributed by atoms with Gasteiger partial charge in [-0.05, 0) is 65.9 Å². The van der Waals surface area contributed by atoms with Crippen LogP contribution in [0.1, 0.15) is 22.3 Å². The van der Waals surface area contributed by atoms with Crippen molar-refractivity contribution in [3.05, 3.63) is 71.4 Å². The number of methoxy groups -OCH3 is 1. The Kier molecular flexibility index (Phi) is 3.53. The molecule has 1 aromatic heterocycles. The Labute approximate surface area is 131 Å². The van der Waals surface area contributed by atoms with E-state index in [9.17, 15) is 0 Å². The third-order valence-corrected chi connectivity index (χ3v) is 4.42. The van der Waals surface area contributed by atoms with Gasteiger partial charge in [0, 0.05) is 24.1 Å². The van der Waals surface area contributed by atoms with E-state index in [1.54, 1.807) is 7.11 Å². The maximum Gasteiger partial charge on any atom is 0.122 e. The average molecular weight is 291 g/mol. The lowest BCUT2D eigenvalue weighted by molar-refractivity contribution is 0.411. The van der Waals surface area contributed by atoms with Gasteiger partial charge in [-0.3, -0.25) is 0 Å². The molecule has 3 aromatic rings. The molecule has 3 rings (SSSR count). The number of hydrogen-bond acceptors (Lipinski definition) is 1. The zero-order valence-corrected chi connectivity index (χ0v) is 13.6. The van der Waals surface area contributed by atoms with Crippen LogP contribution in [-0.4, -0.2) is 11.7 Å². The first-order valence-electron chi connectivity index (χ1n) is 7.41. The van der Waals surface area contributed by atoms with Gasteiger partial charge in [0.05, 0.1) is 7.11 Å². The molecule has 0 bridgehead atoms. The van der Waals surface area contributed by atoms with Crippen molar-refractivity contribution in [3.8, 4) is 5.75 Å². The zero-order valence-electron chi connectivity index (χ0n) is 13.6.